The summed E-state index contributed by atoms with van der Waals surface area (Å²) in [6.45, 7) is 1.59. The second-order valence-corrected chi connectivity index (χ2v) is 5.37. The first-order valence-electron chi connectivity index (χ1n) is 7.51. The van der Waals surface area contributed by atoms with Gasteiger partial charge in [-0.05, 0) is 43.3 Å². The number of carbonyl (C=O) groups is 2. The first-order valence-corrected chi connectivity index (χ1v) is 7.51. The number of pyridine rings is 1. The van der Waals surface area contributed by atoms with Crippen LogP contribution in [-0.4, -0.2) is 23.5 Å². The average molecular weight is 320 g/mol. The summed E-state index contributed by atoms with van der Waals surface area (Å²) in [5, 5.41) is 3.58. The quantitative estimate of drug-likeness (QED) is 0.749. The predicted molar refractivity (Wildman–Crippen MR) is 91.8 cm³/mol. The van der Waals surface area contributed by atoms with Crippen molar-refractivity contribution in [3.63, 3.8) is 0 Å². The molecule has 5 heteroatoms. The molecule has 0 radical (unpaired) electrons. The highest BCUT2D eigenvalue weighted by Crippen LogP contribution is 2.21. The van der Waals surface area contributed by atoms with Crippen molar-refractivity contribution in [3.05, 3.63) is 71.9 Å². The molecule has 120 valence electrons. The molecule has 24 heavy (non-hydrogen) atoms. The minimum atomic E-state index is -0.523. The highest BCUT2D eigenvalue weighted by atomic mass is 16.5. The number of nitrogens with one attached hydrogen (secondary N) is 1. The standard InChI is InChI=1S/C19H16N2O3/c1-13-7-9-14(10-8-13)19(23)24-12-18(22)21-17-6-2-5-16-15(17)4-3-11-20-16/h2-11H,12H2,1H3,(H,21,22). The normalized spacial score (nSPS) is 10.4. The van der Waals surface area contributed by atoms with Gasteiger partial charge in [-0.15, -0.1) is 0 Å². The van der Waals surface area contributed by atoms with E-state index in [1.54, 1.807) is 30.5 Å². The van der Waals surface area contributed by atoms with Crippen LogP contribution < -0.4 is 5.32 Å². The van der Waals surface area contributed by atoms with Gasteiger partial charge in [-0.3, -0.25) is 9.78 Å². The summed E-state index contributed by atoms with van der Waals surface area (Å²) < 4.78 is 5.05. The van der Waals surface area contributed by atoms with Gasteiger partial charge in [0, 0.05) is 11.6 Å². The molecule has 0 fully saturated rings. The van der Waals surface area contributed by atoms with Crippen LogP contribution in [0.25, 0.3) is 10.9 Å². The number of carbonyl (C=O) groups excluding carboxylic acids is 2. The highest BCUT2D eigenvalue weighted by molar-refractivity contribution is 6.02. The lowest BCUT2D eigenvalue weighted by atomic mass is 10.1. The van der Waals surface area contributed by atoms with Crippen LogP contribution in [0.1, 0.15) is 15.9 Å². The van der Waals surface area contributed by atoms with E-state index in [2.05, 4.69) is 10.3 Å². The van der Waals surface area contributed by atoms with Crippen LogP contribution in [0.5, 0.6) is 0 Å². The number of hydrogen-bond donors (Lipinski definition) is 1. The Morgan fingerprint density at radius 1 is 1.04 bits per heavy atom. The zero-order valence-corrected chi connectivity index (χ0v) is 13.2. The van der Waals surface area contributed by atoms with Crippen LogP contribution in [0.15, 0.2) is 60.8 Å². The number of hydrogen-bond acceptors (Lipinski definition) is 4. The minimum absolute atomic E-state index is 0.344. The first-order chi connectivity index (χ1) is 11.6. The second kappa shape index (κ2) is 6.91. The summed E-state index contributed by atoms with van der Waals surface area (Å²) in [5.74, 6) is -0.920. The summed E-state index contributed by atoms with van der Waals surface area (Å²) >= 11 is 0. The van der Waals surface area contributed by atoms with E-state index in [4.69, 9.17) is 4.74 Å². The van der Waals surface area contributed by atoms with Crippen LogP contribution in [0, 0.1) is 6.92 Å². The second-order valence-electron chi connectivity index (χ2n) is 5.37. The Labute approximate surface area is 139 Å². The summed E-state index contributed by atoms with van der Waals surface area (Å²) in [4.78, 5) is 28.2. The monoisotopic (exact) mass is 320 g/mol. The van der Waals surface area contributed by atoms with E-state index in [0.29, 0.717) is 11.3 Å². The van der Waals surface area contributed by atoms with Gasteiger partial charge in [0.25, 0.3) is 5.91 Å². The smallest absolute Gasteiger partial charge is 0.338 e. The molecule has 1 heterocycles. The molecule has 0 saturated carbocycles. The third kappa shape index (κ3) is 3.57. The molecule has 3 aromatic rings. The van der Waals surface area contributed by atoms with Crippen molar-refractivity contribution >= 4 is 28.5 Å². The Morgan fingerprint density at radius 3 is 2.62 bits per heavy atom. The van der Waals surface area contributed by atoms with E-state index in [9.17, 15) is 9.59 Å². The Bertz CT molecular complexity index is 883. The van der Waals surface area contributed by atoms with Crippen molar-refractivity contribution in [2.24, 2.45) is 0 Å². The molecule has 0 saturated heterocycles. The molecular weight excluding hydrogens is 304 g/mol. The van der Waals surface area contributed by atoms with E-state index in [-0.39, 0.29) is 6.61 Å². The number of aryl methyl sites for hydroxylation is 1. The zero-order valence-electron chi connectivity index (χ0n) is 13.2. The maximum Gasteiger partial charge on any atom is 0.338 e. The fraction of sp³-hybridized carbons (Fsp3) is 0.105. The van der Waals surface area contributed by atoms with Crippen LogP contribution in [-0.2, 0) is 9.53 Å². The molecule has 0 unspecified atom stereocenters. The average Bonchev–Trinajstić information content (AvgIpc) is 2.61. The van der Waals surface area contributed by atoms with Crippen LogP contribution in [0.2, 0.25) is 0 Å². The first kappa shape index (κ1) is 15.7. The Hall–Kier alpha value is -3.21. The van der Waals surface area contributed by atoms with Gasteiger partial charge in [0.15, 0.2) is 6.61 Å². The minimum Gasteiger partial charge on any atom is -0.452 e. The van der Waals surface area contributed by atoms with Gasteiger partial charge < -0.3 is 10.1 Å². The van der Waals surface area contributed by atoms with E-state index < -0.39 is 11.9 Å². The lowest BCUT2D eigenvalue weighted by Gasteiger charge is -2.09. The number of benzene rings is 2. The number of anilines is 1. The maximum atomic E-state index is 12.0. The summed E-state index contributed by atoms with van der Waals surface area (Å²) in [5.41, 5.74) is 2.89. The van der Waals surface area contributed by atoms with Gasteiger partial charge in [0.05, 0.1) is 16.8 Å². The summed E-state index contributed by atoms with van der Waals surface area (Å²) in [6.07, 6.45) is 1.69. The predicted octanol–water partition coefficient (Wildman–Crippen LogP) is 3.34. The van der Waals surface area contributed by atoms with Crippen molar-refractivity contribution in [2.75, 3.05) is 11.9 Å². The van der Waals surface area contributed by atoms with Gasteiger partial charge >= 0.3 is 5.97 Å². The van der Waals surface area contributed by atoms with E-state index in [1.165, 1.54) is 0 Å². The van der Waals surface area contributed by atoms with Crippen molar-refractivity contribution in [3.8, 4) is 0 Å². The maximum absolute atomic E-state index is 12.0. The number of fused-ring (bicyclic) bond motifs is 1. The molecule has 0 bridgehead atoms. The van der Waals surface area contributed by atoms with Gasteiger partial charge in [-0.2, -0.15) is 0 Å². The van der Waals surface area contributed by atoms with Gasteiger partial charge in [0.1, 0.15) is 0 Å². The largest absolute Gasteiger partial charge is 0.452 e. The SMILES string of the molecule is Cc1ccc(C(=O)OCC(=O)Nc2cccc3ncccc23)cc1. The Balaban J connectivity index is 1.63. The number of esters is 1. The van der Waals surface area contributed by atoms with Gasteiger partial charge in [-0.25, -0.2) is 4.79 Å². The summed E-state index contributed by atoms with van der Waals surface area (Å²) in [6, 6.07) is 16.1. The molecule has 1 amide bonds. The van der Waals surface area contributed by atoms with Crippen LogP contribution in [0.4, 0.5) is 5.69 Å². The molecule has 0 atom stereocenters. The third-order valence-electron chi connectivity index (χ3n) is 3.54. The van der Waals surface area contributed by atoms with Crippen molar-refractivity contribution in [1.29, 1.82) is 0 Å². The van der Waals surface area contributed by atoms with E-state index >= 15 is 0 Å². The van der Waals surface area contributed by atoms with Crippen molar-refractivity contribution in [1.82, 2.24) is 4.98 Å². The van der Waals surface area contributed by atoms with E-state index in [1.807, 2.05) is 37.3 Å². The Kier molecular flexibility index (Phi) is 4.52. The molecule has 5 nitrogen and oxygen atoms in total. The zero-order chi connectivity index (χ0) is 16.9. The van der Waals surface area contributed by atoms with E-state index in [0.717, 1.165) is 16.5 Å². The van der Waals surface area contributed by atoms with Gasteiger partial charge in [0.2, 0.25) is 0 Å². The number of amides is 1. The molecule has 2 aromatic carbocycles. The topological polar surface area (TPSA) is 68.3 Å². The van der Waals surface area contributed by atoms with Gasteiger partial charge in [-0.1, -0.05) is 23.8 Å². The van der Waals surface area contributed by atoms with Crippen LogP contribution in [0.3, 0.4) is 0 Å². The van der Waals surface area contributed by atoms with Crippen molar-refractivity contribution < 1.29 is 14.3 Å². The number of rotatable bonds is 4. The molecule has 3 rings (SSSR count). The lowest BCUT2D eigenvalue weighted by molar-refractivity contribution is -0.119. The molecule has 1 N–H and O–H groups in total. The highest BCUT2D eigenvalue weighted by Gasteiger charge is 2.11. The van der Waals surface area contributed by atoms with Crippen molar-refractivity contribution in [2.45, 2.75) is 6.92 Å². The number of ether oxygens (including phenoxy) is 1. The summed E-state index contributed by atoms with van der Waals surface area (Å²) in [7, 11) is 0. The molecule has 0 aliphatic carbocycles. The molecule has 1 aromatic heterocycles. The fourth-order valence-electron chi connectivity index (χ4n) is 2.30. The number of aromatic nitrogens is 1. The van der Waals surface area contributed by atoms with Crippen LogP contribution >= 0.6 is 0 Å². The number of nitrogens with zero attached hydrogens (tertiary/aromatic N) is 1. The molecule has 0 aliphatic rings. The molecule has 0 spiro atoms. The Morgan fingerprint density at radius 2 is 1.83 bits per heavy atom. The molecule has 0 aliphatic heterocycles. The fourth-order valence-corrected chi connectivity index (χ4v) is 2.30. The third-order valence-corrected chi connectivity index (χ3v) is 3.54. The lowest BCUT2D eigenvalue weighted by Crippen LogP contribution is -2.21. The molecular formula is C19H16N2O3.